The molecule has 13 heavy (non-hydrogen) atoms. The highest BCUT2D eigenvalue weighted by atomic mass is 14.9. The molecule has 1 nitrogen and oxygen atoms in total. The smallest absolute Gasteiger partial charge is 0.186 e. The van der Waals surface area contributed by atoms with Crippen molar-refractivity contribution in [2.75, 3.05) is 0 Å². The van der Waals surface area contributed by atoms with Gasteiger partial charge in [-0.25, -0.2) is 4.57 Å². The van der Waals surface area contributed by atoms with Crippen molar-refractivity contribution in [2.45, 2.75) is 40.0 Å². The molecule has 72 valence electrons. The zero-order valence-electron chi connectivity index (χ0n) is 12.1. The standard InChI is InChI=1S/C12H20N/c1-9-7-11(12(3,4)5)13(6)8-10(9)2/h7-8H,1-6H3/q+1/i2D3. The number of rotatable bonds is 0. The maximum Gasteiger partial charge on any atom is 0.186 e. The van der Waals surface area contributed by atoms with Gasteiger partial charge < -0.3 is 0 Å². The molecule has 1 aromatic rings. The summed E-state index contributed by atoms with van der Waals surface area (Å²) in [4.78, 5) is 0. The van der Waals surface area contributed by atoms with Crippen LogP contribution in [-0.4, -0.2) is 0 Å². The number of hydrogen-bond donors (Lipinski definition) is 0. The summed E-state index contributed by atoms with van der Waals surface area (Å²) in [5.74, 6) is 0. The minimum Gasteiger partial charge on any atom is -0.204 e. The van der Waals surface area contributed by atoms with Crippen LogP contribution in [-0.2, 0) is 12.5 Å². The monoisotopic (exact) mass is 181 g/mol. The van der Waals surface area contributed by atoms with E-state index in [9.17, 15) is 0 Å². The second kappa shape index (κ2) is 3.13. The zero-order valence-corrected chi connectivity index (χ0v) is 9.10. The van der Waals surface area contributed by atoms with Crippen LogP contribution in [0.4, 0.5) is 0 Å². The van der Waals surface area contributed by atoms with Gasteiger partial charge in [-0.05, 0) is 19.3 Å². The Bertz CT molecular complexity index is 360. The van der Waals surface area contributed by atoms with Gasteiger partial charge in [0, 0.05) is 21.2 Å². The van der Waals surface area contributed by atoms with Crippen molar-refractivity contribution < 1.29 is 8.68 Å². The van der Waals surface area contributed by atoms with Gasteiger partial charge in [-0.3, -0.25) is 0 Å². The first-order valence-corrected chi connectivity index (χ1v) is 4.55. The molecule has 0 radical (unpaired) electrons. The number of aromatic nitrogens is 1. The first-order valence-electron chi connectivity index (χ1n) is 6.05. The van der Waals surface area contributed by atoms with Crippen LogP contribution in [0.5, 0.6) is 0 Å². The second-order valence-corrected chi connectivity index (χ2v) is 4.62. The lowest BCUT2D eigenvalue weighted by atomic mass is 9.90. The maximum absolute atomic E-state index is 7.46. The van der Waals surface area contributed by atoms with Crippen LogP contribution in [0.3, 0.4) is 0 Å². The van der Waals surface area contributed by atoms with Crippen molar-refractivity contribution in [3.8, 4) is 0 Å². The highest BCUT2D eigenvalue weighted by Crippen LogP contribution is 2.20. The largest absolute Gasteiger partial charge is 0.204 e. The molecule has 0 aliphatic rings. The van der Waals surface area contributed by atoms with Gasteiger partial charge in [0.25, 0.3) is 0 Å². The van der Waals surface area contributed by atoms with E-state index in [0.717, 1.165) is 11.3 Å². The molecular weight excluding hydrogens is 158 g/mol. The van der Waals surface area contributed by atoms with E-state index < -0.39 is 6.85 Å². The van der Waals surface area contributed by atoms with Crippen molar-refractivity contribution >= 4 is 0 Å². The summed E-state index contributed by atoms with van der Waals surface area (Å²) in [5.41, 5.74) is 2.43. The number of nitrogens with zero attached hydrogens (tertiary/aromatic N) is 1. The Morgan fingerprint density at radius 1 is 1.31 bits per heavy atom. The van der Waals surface area contributed by atoms with Gasteiger partial charge in [-0.2, -0.15) is 0 Å². The number of pyridine rings is 1. The summed E-state index contributed by atoms with van der Waals surface area (Å²) in [6.07, 6.45) is 1.73. The lowest BCUT2D eigenvalue weighted by molar-refractivity contribution is -0.682. The molecule has 0 amide bonds. The van der Waals surface area contributed by atoms with Gasteiger partial charge in [0.2, 0.25) is 0 Å². The average molecular weight is 181 g/mol. The van der Waals surface area contributed by atoms with E-state index in [4.69, 9.17) is 4.11 Å². The van der Waals surface area contributed by atoms with Gasteiger partial charge in [0.05, 0.1) is 0 Å². The number of aryl methyl sites for hydroxylation is 3. The lowest BCUT2D eigenvalue weighted by Crippen LogP contribution is -2.39. The first-order chi connectivity index (χ1) is 7.03. The molecule has 0 aliphatic carbocycles. The van der Waals surface area contributed by atoms with Crippen molar-refractivity contribution in [1.82, 2.24) is 0 Å². The molecule has 1 heteroatoms. The van der Waals surface area contributed by atoms with Gasteiger partial charge in [-0.15, -0.1) is 0 Å². The Morgan fingerprint density at radius 2 is 1.92 bits per heavy atom. The van der Waals surface area contributed by atoms with E-state index in [1.54, 1.807) is 6.20 Å². The lowest BCUT2D eigenvalue weighted by Gasteiger charge is -2.16. The topological polar surface area (TPSA) is 3.88 Å². The molecule has 0 bridgehead atoms. The van der Waals surface area contributed by atoms with Crippen molar-refractivity contribution in [3.05, 3.63) is 29.1 Å². The Balaban J connectivity index is 3.40. The highest BCUT2D eigenvalue weighted by molar-refractivity contribution is 5.23. The van der Waals surface area contributed by atoms with E-state index in [-0.39, 0.29) is 5.41 Å². The van der Waals surface area contributed by atoms with Crippen LogP contribution in [0.15, 0.2) is 12.3 Å². The number of hydrogen-bond acceptors (Lipinski definition) is 0. The summed E-state index contributed by atoms with van der Waals surface area (Å²) < 4.78 is 24.3. The molecule has 1 heterocycles. The average Bonchev–Trinajstić information content (AvgIpc) is 2.04. The molecule has 1 rings (SSSR count). The van der Waals surface area contributed by atoms with Crippen molar-refractivity contribution in [3.63, 3.8) is 0 Å². The summed E-state index contributed by atoms with van der Waals surface area (Å²) in [6, 6.07) is 1.97. The minimum atomic E-state index is -2.03. The summed E-state index contributed by atoms with van der Waals surface area (Å²) in [5, 5.41) is 0. The van der Waals surface area contributed by atoms with Gasteiger partial charge in [-0.1, -0.05) is 20.8 Å². The van der Waals surface area contributed by atoms with Crippen LogP contribution in [0.2, 0.25) is 0 Å². The molecule has 0 saturated heterocycles. The van der Waals surface area contributed by atoms with Crippen LogP contribution in [0, 0.1) is 13.8 Å². The van der Waals surface area contributed by atoms with E-state index in [2.05, 4.69) is 20.8 Å². The quantitative estimate of drug-likeness (QED) is 0.541. The SMILES string of the molecule is [2H]C([2H])([2H])c1c[n+](C)c(C(C)(C)C)cc1C. The molecule has 0 atom stereocenters. The predicted molar refractivity (Wildman–Crippen MR) is 55.8 cm³/mol. The fourth-order valence-electron chi connectivity index (χ4n) is 1.50. The second-order valence-electron chi connectivity index (χ2n) is 4.62. The van der Waals surface area contributed by atoms with Crippen molar-refractivity contribution in [1.29, 1.82) is 0 Å². The van der Waals surface area contributed by atoms with Crippen LogP contribution in [0.1, 0.15) is 41.7 Å². The Labute approximate surface area is 85.6 Å². The molecule has 0 aliphatic heterocycles. The van der Waals surface area contributed by atoms with E-state index in [0.29, 0.717) is 5.56 Å². The molecule has 1 aromatic heterocycles. The van der Waals surface area contributed by atoms with E-state index in [1.807, 2.05) is 24.6 Å². The van der Waals surface area contributed by atoms with Crippen LogP contribution < -0.4 is 4.57 Å². The van der Waals surface area contributed by atoms with E-state index in [1.165, 1.54) is 0 Å². The maximum atomic E-state index is 7.46. The molecule has 0 saturated carbocycles. The van der Waals surface area contributed by atoms with Crippen LogP contribution >= 0.6 is 0 Å². The van der Waals surface area contributed by atoms with E-state index >= 15 is 0 Å². The summed E-state index contributed by atoms with van der Waals surface area (Å²) >= 11 is 0. The molecular formula is C12H20N+. The Kier molecular flexibility index (Phi) is 1.59. The summed E-state index contributed by atoms with van der Waals surface area (Å²) in [7, 11) is 1.90. The third-order valence-electron chi connectivity index (χ3n) is 2.25. The zero-order chi connectivity index (χ0) is 12.7. The van der Waals surface area contributed by atoms with Crippen molar-refractivity contribution in [2.24, 2.45) is 7.05 Å². The van der Waals surface area contributed by atoms with Gasteiger partial charge in [0.15, 0.2) is 11.9 Å². The van der Waals surface area contributed by atoms with Gasteiger partial charge in [0.1, 0.15) is 7.05 Å². The molecule has 0 spiro atoms. The third-order valence-corrected chi connectivity index (χ3v) is 2.25. The fourth-order valence-corrected chi connectivity index (χ4v) is 1.50. The fraction of sp³-hybridized carbons (Fsp3) is 0.583. The molecule has 0 N–H and O–H groups in total. The first kappa shape index (κ1) is 6.58. The Morgan fingerprint density at radius 3 is 2.38 bits per heavy atom. The minimum absolute atomic E-state index is 0.0206. The molecule has 0 aromatic carbocycles. The predicted octanol–water partition coefficient (Wildman–Crippen LogP) is 2.43. The van der Waals surface area contributed by atoms with Crippen LogP contribution in [0.25, 0.3) is 0 Å². The molecule has 0 fully saturated rings. The normalized spacial score (nSPS) is 16.2. The molecule has 0 unspecified atom stereocenters. The Hall–Kier alpha value is -0.850. The highest BCUT2D eigenvalue weighted by Gasteiger charge is 2.23. The van der Waals surface area contributed by atoms with Gasteiger partial charge >= 0.3 is 0 Å². The third kappa shape index (κ3) is 2.09. The summed E-state index contributed by atoms with van der Waals surface area (Å²) in [6.45, 7) is 6.19.